The van der Waals surface area contributed by atoms with Crippen molar-refractivity contribution in [3.05, 3.63) is 5.56 Å². The molecule has 0 saturated heterocycles. The van der Waals surface area contributed by atoms with Crippen LogP contribution in [0.2, 0.25) is 0 Å². The van der Waals surface area contributed by atoms with E-state index in [0.717, 1.165) is 5.56 Å². The molecule has 86 valence electrons. The third-order valence-electron chi connectivity index (χ3n) is 2.47. The molecule has 0 fully saturated rings. The van der Waals surface area contributed by atoms with Crippen molar-refractivity contribution < 1.29 is 9.53 Å². The molecule has 16 heavy (non-hydrogen) atoms. The molecular formula is C10H14N4O2. The number of nitrogens with zero attached hydrogens (tertiary/aromatic N) is 2. The van der Waals surface area contributed by atoms with Gasteiger partial charge in [-0.3, -0.25) is 4.79 Å². The molecule has 2 heterocycles. The summed E-state index contributed by atoms with van der Waals surface area (Å²) in [6.45, 7) is 4.22. The number of ether oxygens (including phenoxy) is 1. The molecule has 1 aromatic rings. The van der Waals surface area contributed by atoms with E-state index in [0.29, 0.717) is 24.7 Å². The first kappa shape index (κ1) is 10.7. The Bertz CT molecular complexity index is 433. The van der Waals surface area contributed by atoms with E-state index in [1.54, 1.807) is 0 Å². The summed E-state index contributed by atoms with van der Waals surface area (Å²) in [5.41, 5.74) is 6.62. The molecular weight excluding hydrogens is 208 g/mol. The van der Waals surface area contributed by atoms with E-state index in [-0.39, 0.29) is 17.8 Å². The van der Waals surface area contributed by atoms with E-state index in [1.165, 1.54) is 0 Å². The lowest BCUT2D eigenvalue weighted by atomic mass is 9.95. The Kier molecular flexibility index (Phi) is 2.64. The smallest absolute Gasteiger partial charge is 0.320 e. The highest BCUT2D eigenvalue weighted by Gasteiger charge is 2.26. The number of amides is 1. The van der Waals surface area contributed by atoms with Gasteiger partial charge in [-0.25, -0.2) is 0 Å². The normalized spacial score (nSPS) is 18.9. The zero-order valence-corrected chi connectivity index (χ0v) is 9.28. The summed E-state index contributed by atoms with van der Waals surface area (Å²) in [7, 11) is 0. The molecule has 6 heteroatoms. The molecule has 0 aliphatic carbocycles. The van der Waals surface area contributed by atoms with Crippen LogP contribution >= 0.6 is 0 Å². The van der Waals surface area contributed by atoms with Gasteiger partial charge in [-0.2, -0.15) is 9.97 Å². The standard InChI is InChI=1S/C10H14N4O2/c1-3-16-10-13-8(11)7-5(2)4-6(15)12-9(7)14-10/h5H,3-4H2,1-2H3,(H3,11,12,13,14,15). The number of aromatic nitrogens is 2. The minimum Gasteiger partial charge on any atom is -0.464 e. The van der Waals surface area contributed by atoms with Crippen molar-refractivity contribution in [1.29, 1.82) is 0 Å². The van der Waals surface area contributed by atoms with Crippen LogP contribution in [0.25, 0.3) is 0 Å². The summed E-state index contributed by atoms with van der Waals surface area (Å²) in [4.78, 5) is 19.5. The van der Waals surface area contributed by atoms with Gasteiger partial charge in [-0.05, 0) is 12.8 Å². The number of rotatable bonds is 2. The van der Waals surface area contributed by atoms with Crippen LogP contribution < -0.4 is 15.8 Å². The van der Waals surface area contributed by atoms with Crippen LogP contribution in [0, 0.1) is 0 Å². The number of anilines is 2. The maximum atomic E-state index is 11.4. The topological polar surface area (TPSA) is 90.1 Å². The van der Waals surface area contributed by atoms with Crippen LogP contribution in [0.1, 0.15) is 31.7 Å². The molecule has 6 nitrogen and oxygen atoms in total. The van der Waals surface area contributed by atoms with E-state index in [4.69, 9.17) is 10.5 Å². The Morgan fingerprint density at radius 2 is 2.31 bits per heavy atom. The average Bonchev–Trinajstić information content (AvgIpc) is 2.15. The van der Waals surface area contributed by atoms with Crippen molar-refractivity contribution >= 4 is 17.5 Å². The molecule has 3 N–H and O–H groups in total. The largest absolute Gasteiger partial charge is 0.464 e. The fraction of sp³-hybridized carbons (Fsp3) is 0.500. The number of hydrogen-bond acceptors (Lipinski definition) is 5. The van der Waals surface area contributed by atoms with Gasteiger partial charge in [0, 0.05) is 12.0 Å². The van der Waals surface area contributed by atoms with Crippen LogP contribution in [0.5, 0.6) is 6.01 Å². The van der Waals surface area contributed by atoms with Crippen molar-refractivity contribution in [2.24, 2.45) is 0 Å². The van der Waals surface area contributed by atoms with Crippen LogP contribution in [0.15, 0.2) is 0 Å². The predicted molar refractivity (Wildman–Crippen MR) is 59.3 cm³/mol. The summed E-state index contributed by atoms with van der Waals surface area (Å²) < 4.78 is 5.17. The van der Waals surface area contributed by atoms with Gasteiger partial charge in [-0.1, -0.05) is 6.92 Å². The molecule has 1 aromatic heterocycles. The maximum absolute atomic E-state index is 11.4. The van der Waals surface area contributed by atoms with Gasteiger partial charge in [0.15, 0.2) is 0 Å². The monoisotopic (exact) mass is 222 g/mol. The first-order valence-electron chi connectivity index (χ1n) is 5.21. The fourth-order valence-electron chi connectivity index (χ4n) is 1.80. The van der Waals surface area contributed by atoms with Crippen molar-refractivity contribution in [3.63, 3.8) is 0 Å². The lowest BCUT2D eigenvalue weighted by Gasteiger charge is -2.22. The lowest BCUT2D eigenvalue weighted by Crippen LogP contribution is -2.24. The second-order valence-electron chi connectivity index (χ2n) is 3.74. The van der Waals surface area contributed by atoms with Crippen LogP contribution in [-0.2, 0) is 4.79 Å². The quantitative estimate of drug-likeness (QED) is 0.776. The van der Waals surface area contributed by atoms with Gasteiger partial charge < -0.3 is 15.8 Å². The highest BCUT2D eigenvalue weighted by molar-refractivity contribution is 5.94. The van der Waals surface area contributed by atoms with Crippen molar-refractivity contribution in [1.82, 2.24) is 9.97 Å². The minimum absolute atomic E-state index is 0.0411. The molecule has 1 aliphatic rings. The molecule has 0 aromatic carbocycles. The van der Waals surface area contributed by atoms with Crippen LogP contribution in [0.4, 0.5) is 11.6 Å². The number of nitrogen functional groups attached to an aromatic ring is 1. The van der Waals surface area contributed by atoms with E-state index >= 15 is 0 Å². The van der Waals surface area contributed by atoms with Gasteiger partial charge in [-0.15, -0.1) is 0 Å². The van der Waals surface area contributed by atoms with Crippen LogP contribution in [-0.4, -0.2) is 22.5 Å². The Labute approximate surface area is 93.2 Å². The Morgan fingerprint density at radius 3 is 3.00 bits per heavy atom. The number of nitrogens with two attached hydrogens (primary N) is 1. The van der Waals surface area contributed by atoms with Crippen molar-refractivity contribution in [2.75, 3.05) is 17.7 Å². The first-order chi connectivity index (χ1) is 7.61. The van der Waals surface area contributed by atoms with E-state index in [1.807, 2.05) is 13.8 Å². The molecule has 1 unspecified atom stereocenters. The van der Waals surface area contributed by atoms with Crippen molar-refractivity contribution in [3.8, 4) is 6.01 Å². The molecule has 1 atom stereocenters. The van der Waals surface area contributed by atoms with Gasteiger partial charge in [0.25, 0.3) is 0 Å². The van der Waals surface area contributed by atoms with E-state index in [9.17, 15) is 4.79 Å². The molecule has 0 spiro atoms. The maximum Gasteiger partial charge on any atom is 0.320 e. The molecule has 0 bridgehead atoms. The molecule has 0 radical (unpaired) electrons. The zero-order valence-electron chi connectivity index (χ0n) is 9.28. The summed E-state index contributed by atoms with van der Waals surface area (Å²) in [6.07, 6.45) is 0.411. The summed E-state index contributed by atoms with van der Waals surface area (Å²) in [6, 6.07) is 0.202. The second kappa shape index (κ2) is 3.96. The van der Waals surface area contributed by atoms with Crippen molar-refractivity contribution in [2.45, 2.75) is 26.2 Å². The third kappa shape index (κ3) is 1.78. The zero-order chi connectivity index (χ0) is 11.7. The highest BCUT2D eigenvalue weighted by atomic mass is 16.5. The second-order valence-corrected chi connectivity index (χ2v) is 3.74. The first-order valence-corrected chi connectivity index (χ1v) is 5.21. The number of carbonyl (C=O) groups excluding carboxylic acids is 1. The molecule has 1 aliphatic heterocycles. The average molecular weight is 222 g/mol. The summed E-state index contributed by atoms with van der Waals surface area (Å²) >= 11 is 0. The Hall–Kier alpha value is -1.85. The number of carbonyl (C=O) groups is 1. The van der Waals surface area contributed by atoms with Gasteiger partial charge >= 0.3 is 6.01 Å². The lowest BCUT2D eigenvalue weighted by molar-refractivity contribution is -0.116. The fourth-order valence-corrected chi connectivity index (χ4v) is 1.80. The summed E-state index contributed by atoms with van der Waals surface area (Å²) in [5.74, 6) is 0.834. The molecule has 2 rings (SSSR count). The Balaban J connectivity index is 2.46. The predicted octanol–water partition coefficient (Wildman–Crippen LogP) is 0.903. The third-order valence-corrected chi connectivity index (χ3v) is 2.47. The highest BCUT2D eigenvalue weighted by Crippen LogP contribution is 2.34. The number of hydrogen-bond donors (Lipinski definition) is 2. The van der Waals surface area contributed by atoms with Gasteiger partial charge in [0.1, 0.15) is 11.6 Å². The summed E-state index contributed by atoms with van der Waals surface area (Å²) in [5, 5.41) is 2.68. The molecule has 0 saturated carbocycles. The SMILES string of the molecule is CCOc1nc(N)c2c(n1)NC(=O)CC2C. The van der Waals surface area contributed by atoms with Gasteiger partial charge in [0.2, 0.25) is 5.91 Å². The van der Waals surface area contributed by atoms with E-state index in [2.05, 4.69) is 15.3 Å². The number of nitrogens with one attached hydrogen (secondary N) is 1. The number of fused-ring (bicyclic) bond motifs is 1. The van der Waals surface area contributed by atoms with E-state index < -0.39 is 0 Å². The van der Waals surface area contributed by atoms with Crippen LogP contribution in [0.3, 0.4) is 0 Å². The molecule has 1 amide bonds. The minimum atomic E-state index is -0.0550. The Morgan fingerprint density at radius 1 is 1.56 bits per heavy atom. The van der Waals surface area contributed by atoms with Gasteiger partial charge in [0.05, 0.1) is 6.61 Å².